The minimum Gasteiger partial charge on any atom is -0.481 e. The highest BCUT2D eigenvalue weighted by Gasteiger charge is 2.21. The lowest BCUT2D eigenvalue weighted by Crippen LogP contribution is -2.34. The summed E-state index contributed by atoms with van der Waals surface area (Å²) in [6.07, 6.45) is 10.1. The van der Waals surface area contributed by atoms with E-state index in [9.17, 15) is 9.59 Å². The molecule has 0 amide bonds. The third-order valence-electron chi connectivity index (χ3n) is 3.85. The predicted molar refractivity (Wildman–Crippen MR) is 72.1 cm³/mol. The molecule has 0 aromatic carbocycles. The Balaban J connectivity index is 0.000000200. The zero-order chi connectivity index (χ0) is 14.1. The summed E-state index contributed by atoms with van der Waals surface area (Å²) in [7, 11) is 0. The van der Waals surface area contributed by atoms with Crippen molar-refractivity contribution >= 4 is 11.9 Å². The van der Waals surface area contributed by atoms with Crippen LogP contribution in [0.3, 0.4) is 0 Å². The topological polar surface area (TPSA) is 86.6 Å². The lowest BCUT2D eigenvalue weighted by molar-refractivity contribution is -0.141. The molecule has 0 unspecified atom stereocenters. The molecule has 0 atom stereocenters. The third-order valence-corrected chi connectivity index (χ3v) is 3.85. The Kier molecular flexibility index (Phi) is 7.48. The number of hydrogen-bond donors (Lipinski definition) is 3. The fraction of sp³-hybridized carbons (Fsp3) is 0.857. The molecule has 2 aliphatic carbocycles. The molecule has 0 aromatic heterocycles. The summed E-state index contributed by atoms with van der Waals surface area (Å²) in [4.78, 5) is 20.4. The highest BCUT2D eigenvalue weighted by atomic mass is 16.4. The van der Waals surface area contributed by atoms with Crippen LogP contribution < -0.4 is 5.32 Å². The van der Waals surface area contributed by atoms with Crippen LogP contribution in [-0.2, 0) is 9.59 Å². The van der Waals surface area contributed by atoms with Crippen LogP contribution in [0, 0.1) is 5.92 Å². The van der Waals surface area contributed by atoms with Crippen LogP contribution in [0.2, 0.25) is 0 Å². The second-order valence-electron chi connectivity index (χ2n) is 5.43. The van der Waals surface area contributed by atoms with E-state index < -0.39 is 11.9 Å². The van der Waals surface area contributed by atoms with Gasteiger partial charge in [0.15, 0.2) is 0 Å². The van der Waals surface area contributed by atoms with Gasteiger partial charge in [-0.1, -0.05) is 32.1 Å². The van der Waals surface area contributed by atoms with Gasteiger partial charge >= 0.3 is 11.9 Å². The summed E-state index contributed by atoms with van der Waals surface area (Å²) in [5, 5.41) is 19.8. The van der Waals surface area contributed by atoms with Gasteiger partial charge in [-0.15, -0.1) is 0 Å². The first-order valence-electron chi connectivity index (χ1n) is 7.27. The Morgan fingerprint density at radius 1 is 0.895 bits per heavy atom. The Morgan fingerprint density at radius 2 is 1.42 bits per heavy atom. The van der Waals surface area contributed by atoms with E-state index in [1.165, 1.54) is 19.3 Å². The standard InChI is InChI=1S/C8H15NO2.C6H10O2/c10-8(11)6-9-7-4-2-1-3-5-7;7-6(8)5-3-1-2-4-5/h7,9H,1-6H2,(H,10,11);5H,1-4H2,(H,7,8). The first kappa shape index (κ1) is 16.0. The molecule has 0 bridgehead atoms. The van der Waals surface area contributed by atoms with Crippen LogP contribution >= 0.6 is 0 Å². The van der Waals surface area contributed by atoms with Gasteiger partial charge in [-0.3, -0.25) is 9.59 Å². The Labute approximate surface area is 114 Å². The number of hydrogen-bond acceptors (Lipinski definition) is 3. The normalized spacial score (nSPS) is 20.6. The van der Waals surface area contributed by atoms with Crippen molar-refractivity contribution in [2.75, 3.05) is 6.54 Å². The third kappa shape index (κ3) is 7.15. The molecule has 0 radical (unpaired) electrons. The van der Waals surface area contributed by atoms with Gasteiger partial charge in [0.25, 0.3) is 0 Å². The van der Waals surface area contributed by atoms with Crippen molar-refractivity contribution in [1.82, 2.24) is 5.32 Å². The number of carboxylic acid groups (broad SMARTS) is 2. The molecule has 2 fully saturated rings. The summed E-state index contributed by atoms with van der Waals surface area (Å²) in [6, 6.07) is 0.458. The first-order valence-corrected chi connectivity index (χ1v) is 7.27. The van der Waals surface area contributed by atoms with Crippen LogP contribution in [0.5, 0.6) is 0 Å². The Morgan fingerprint density at radius 3 is 1.84 bits per heavy atom. The maximum Gasteiger partial charge on any atom is 0.317 e. The summed E-state index contributed by atoms with van der Waals surface area (Å²) in [5.41, 5.74) is 0. The van der Waals surface area contributed by atoms with Crippen LogP contribution in [0.25, 0.3) is 0 Å². The van der Waals surface area contributed by atoms with E-state index in [1.54, 1.807) is 0 Å². The lowest BCUT2D eigenvalue weighted by Gasteiger charge is -2.21. The monoisotopic (exact) mass is 271 g/mol. The maximum absolute atomic E-state index is 10.2. The second-order valence-corrected chi connectivity index (χ2v) is 5.43. The van der Waals surface area contributed by atoms with E-state index in [1.807, 2.05) is 0 Å². The van der Waals surface area contributed by atoms with Gasteiger partial charge in [0.05, 0.1) is 12.5 Å². The molecule has 5 heteroatoms. The van der Waals surface area contributed by atoms with E-state index in [4.69, 9.17) is 10.2 Å². The minimum atomic E-state index is -0.754. The van der Waals surface area contributed by atoms with E-state index in [2.05, 4.69) is 5.32 Å². The van der Waals surface area contributed by atoms with Crippen LogP contribution in [0.4, 0.5) is 0 Å². The molecule has 3 N–H and O–H groups in total. The Bertz CT molecular complexity index is 281. The fourth-order valence-corrected chi connectivity index (χ4v) is 2.71. The quantitative estimate of drug-likeness (QED) is 0.730. The summed E-state index contributed by atoms with van der Waals surface area (Å²) >= 11 is 0. The van der Waals surface area contributed by atoms with Gasteiger partial charge in [-0.2, -0.15) is 0 Å². The molecule has 0 heterocycles. The number of rotatable bonds is 4. The molecule has 0 spiro atoms. The minimum absolute atomic E-state index is 0.0185. The largest absolute Gasteiger partial charge is 0.481 e. The molecule has 0 saturated heterocycles. The fourth-order valence-electron chi connectivity index (χ4n) is 2.71. The average Bonchev–Trinajstić information content (AvgIpc) is 2.92. The van der Waals surface area contributed by atoms with Crippen molar-refractivity contribution in [3.05, 3.63) is 0 Å². The molecule has 0 aromatic rings. The van der Waals surface area contributed by atoms with E-state index in [0.717, 1.165) is 38.5 Å². The number of nitrogens with one attached hydrogen (secondary N) is 1. The average molecular weight is 271 g/mol. The van der Waals surface area contributed by atoms with Crippen LogP contribution in [0.15, 0.2) is 0 Å². The predicted octanol–water partition coefficient (Wildman–Crippen LogP) is 2.25. The smallest absolute Gasteiger partial charge is 0.317 e. The SMILES string of the molecule is O=C(O)C1CCCC1.O=C(O)CNC1CCCCC1. The second kappa shape index (κ2) is 8.91. The highest BCUT2D eigenvalue weighted by Crippen LogP contribution is 2.24. The zero-order valence-corrected chi connectivity index (χ0v) is 11.4. The zero-order valence-electron chi connectivity index (χ0n) is 11.4. The number of carbonyl (C=O) groups is 2. The first-order chi connectivity index (χ1) is 9.09. The van der Waals surface area contributed by atoms with Gasteiger partial charge in [-0.25, -0.2) is 0 Å². The van der Waals surface area contributed by atoms with Crippen LogP contribution in [0.1, 0.15) is 57.8 Å². The van der Waals surface area contributed by atoms with Gasteiger partial charge in [0.1, 0.15) is 0 Å². The molecule has 110 valence electrons. The molecule has 5 nitrogen and oxygen atoms in total. The lowest BCUT2D eigenvalue weighted by atomic mass is 9.96. The molecule has 2 saturated carbocycles. The van der Waals surface area contributed by atoms with E-state index in [-0.39, 0.29) is 12.5 Å². The van der Waals surface area contributed by atoms with Crippen molar-refractivity contribution in [2.45, 2.75) is 63.8 Å². The van der Waals surface area contributed by atoms with Gasteiger partial charge in [0, 0.05) is 6.04 Å². The van der Waals surface area contributed by atoms with Crippen LogP contribution in [-0.4, -0.2) is 34.7 Å². The molecule has 19 heavy (non-hydrogen) atoms. The molecule has 2 aliphatic rings. The summed E-state index contributed by atoms with van der Waals surface area (Å²) < 4.78 is 0. The van der Waals surface area contributed by atoms with Gasteiger partial charge < -0.3 is 15.5 Å². The van der Waals surface area contributed by atoms with E-state index in [0.29, 0.717) is 6.04 Å². The summed E-state index contributed by atoms with van der Waals surface area (Å²) in [6.45, 7) is 0.116. The maximum atomic E-state index is 10.2. The Hall–Kier alpha value is -1.10. The number of carboxylic acids is 2. The molecular weight excluding hydrogens is 246 g/mol. The van der Waals surface area contributed by atoms with Gasteiger partial charge in [0.2, 0.25) is 0 Å². The molecule has 0 aliphatic heterocycles. The van der Waals surface area contributed by atoms with E-state index >= 15 is 0 Å². The van der Waals surface area contributed by atoms with Gasteiger partial charge in [-0.05, 0) is 25.7 Å². The molecular formula is C14H25NO4. The van der Waals surface area contributed by atoms with Crippen molar-refractivity contribution in [2.24, 2.45) is 5.92 Å². The van der Waals surface area contributed by atoms with Crippen molar-refractivity contribution in [1.29, 1.82) is 0 Å². The van der Waals surface area contributed by atoms with Crippen molar-refractivity contribution in [3.8, 4) is 0 Å². The summed E-state index contributed by atoms with van der Waals surface area (Å²) in [5.74, 6) is -1.38. The van der Waals surface area contributed by atoms with Crippen molar-refractivity contribution in [3.63, 3.8) is 0 Å². The highest BCUT2D eigenvalue weighted by molar-refractivity contribution is 5.70. The van der Waals surface area contributed by atoms with Crippen molar-refractivity contribution < 1.29 is 19.8 Å². The molecule has 2 rings (SSSR count). The number of aliphatic carboxylic acids is 2.